The second-order valence-corrected chi connectivity index (χ2v) is 5.77. The molecule has 0 radical (unpaired) electrons. The van der Waals surface area contributed by atoms with Crippen molar-refractivity contribution in [1.29, 1.82) is 0 Å². The Morgan fingerprint density at radius 2 is 1.90 bits per heavy atom. The molecule has 2 rings (SSSR count). The average molecular weight is 418 g/mol. The number of hydrogen-bond donors (Lipinski definition) is 1. The number of hydrogen-bond acceptors (Lipinski definition) is 3. The standard InChI is InChI=1S/C13H7Br2FN2O3/c14-7-1-3-10(15)9(5-7)13(19)17-8-2-4-11(16)12(6-8)18(20)21/h1-6H,(H,17,19). The normalized spacial score (nSPS) is 10.2. The molecule has 108 valence electrons. The fourth-order valence-electron chi connectivity index (χ4n) is 1.60. The zero-order valence-electron chi connectivity index (χ0n) is 10.3. The number of nitrogens with zero attached hydrogens (tertiary/aromatic N) is 1. The van der Waals surface area contributed by atoms with Gasteiger partial charge in [-0.15, -0.1) is 0 Å². The summed E-state index contributed by atoms with van der Waals surface area (Å²) in [5, 5.41) is 13.2. The van der Waals surface area contributed by atoms with Crippen molar-refractivity contribution in [3.8, 4) is 0 Å². The number of carbonyl (C=O) groups excluding carboxylic acids is 1. The summed E-state index contributed by atoms with van der Waals surface area (Å²) < 4.78 is 14.5. The molecule has 1 N–H and O–H groups in total. The number of nitro benzene ring substituents is 1. The van der Waals surface area contributed by atoms with Gasteiger partial charge in [0.15, 0.2) is 0 Å². The summed E-state index contributed by atoms with van der Waals surface area (Å²) in [4.78, 5) is 21.9. The third-order valence-electron chi connectivity index (χ3n) is 2.57. The monoisotopic (exact) mass is 416 g/mol. The lowest BCUT2D eigenvalue weighted by Crippen LogP contribution is -2.13. The van der Waals surface area contributed by atoms with Crippen LogP contribution in [0.5, 0.6) is 0 Å². The summed E-state index contributed by atoms with van der Waals surface area (Å²) in [7, 11) is 0. The smallest absolute Gasteiger partial charge is 0.306 e. The molecule has 1 amide bonds. The molecule has 2 aromatic carbocycles. The van der Waals surface area contributed by atoms with Crippen molar-refractivity contribution in [1.82, 2.24) is 0 Å². The van der Waals surface area contributed by atoms with Crippen LogP contribution in [0.4, 0.5) is 15.8 Å². The Hall–Kier alpha value is -1.80. The number of benzene rings is 2. The predicted molar refractivity (Wildman–Crippen MR) is 82.8 cm³/mol. The van der Waals surface area contributed by atoms with Crippen LogP contribution < -0.4 is 5.32 Å². The van der Waals surface area contributed by atoms with Crippen LogP contribution in [-0.2, 0) is 0 Å². The second kappa shape index (κ2) is 6.31. The molecule has 0 aromatic heterocycles. The molecule has 2 aromatic rings. The molecular weight excluding hydrogens is 411 g/mol. The number of halogens is 3. The Morgan fingerprint density at radius 1 is 1.19 bits per heavy atom. The molecule has 8 heteroatoms. The number of nitrogens with one attached hydrogen (secondary N) is 1. The van der Waals surface area contributed by atoms with Crippen LogP contribution in [0.15, 0.2) is 45.3 Å². The van der Waals surface area contributed by atoms with Gasteiger partial charge in [-0.2, -0.15) is 4.39 Å². The molecule has 21 heavy (non-hydrogen) atoms. The maximum absolute atomic E-state index is 13.2. The molecule has 0 aliphatic rings. The van der Waals surface area contributed by atoms with Crippen LogP contribution in [0.3, 0.4) is 0 Å². The second-order valence-electron chi connectivity index (χ2n) is 4.00. The molecule has 0 aliphatic carbocycles. The third kappa shape index (κ3) is 3.64. The van der Waals surface area contributed by atoms with Gasteiger partial charge in [-0.05, 0) is 46.3 Å². The van der Waals surface area contributed by atoms with Gasteiger partial charge in [-0.25, -0.2) is 0 Å². The number of rotatable bonds is 3. The lowest BCUT2D eigenvalue weighted by atomic mass is 10.2. The molecule has 0 heterocycles. The number of amides is 1. The highest BCUT2D eigenvalue weighted by atomic mass is 79.9. The van der Waals surface area contributed by atoms with Crippen molar-refractivity contribution >= 4 is 49.1 Å². The van der Waals surface area contributed by atoms with E-state index in [9.17, 15) is 19.3 Å². The van der Waals surface area contributed by atoms with Crippen LogP contribution >= 0.6 is 31.9 Å². The zero-order chi connectivity index (χ0) is 15.6. The van der Waals surface area contributed by atoms with Gasteiger partial charge in [-0.3, -0.25) is 14.9 Å². The lowest BCUT2D eigenvalue weighted by Gasteiger charge is -2.07. The van der Waals surface area contributed by atoms with Gasteiger partial charge >= 0.3 is 5.69 Å². The predicted octanol–water partition coefficient (Wildman–Crippen LogP) is 4.51. The minimum atomic E-state index is -0.957. The summed E-state index contributed by atoms with van der Waals surface area (Å²) in [6.07, 6.45) is 0. The van der Waals surface area contributed by atoms with E-state index in [4.69, 9.17) is 0 Å². The first-order valence-electron chi connectivity index (χ1n) is 5.59. The summed E-state index contributed by atoms with van der Waals surface area (Å²) >= 11 is 6.49. The molecule has 0 fully saturated rings. The fraction of sp³-hybridized carbons (Fsp3) is 0. The number of anilines is 1. The van der Waals surface area contributed by atoms with E-state index in [2.05, 4.69) is 37.2 Å². The van der Waals surface area contributed by atoms with E-state index >= 15 is 0 Å². The molecule has 0 saturated carbocycles. The van der Waals surface area contributed by atoms with Crippen LogP contribution in [0.25, 0.3) is 0 Å². The van der Waals surface area contributed by atoms with E-state index in [-0.39, 0.29) is 5.69 Å². The van der Waals surface area contributed by atoms with Crippen molar-refractivity contribution in [3.63, 3.8) is 0 Å². The molecule has 5 nitrogen and oxygen atoms in total. The summed E-state index contributed by atoms with van der Waals surface area (Å²) in [6.45, 7) is 0. The van der Waals surface area contributed by atoms with Gasteiger partial charge in [0.05, 0.1) is 10.5 Å². The number of nitro groups is 1. The van der Waals surface area contributed by atoms with Crippen molar-refractivity contribution in [2.45, 2.75) is 0 Å². The summed E-state index contributed by atoms with van der Waals surface area (Å²) in [5.74, 6) is -1.43. The highest BCUT2D eigenvalue weighted by Crippen LogP contribution is 2.25. The van der Waals surface area contributed by atoms with E-state index < -0.39 is 22.3 Å². The number of carbonyl (C=O) groups is 1. The van der Waals surface area contributed by atoms with Gasteiger partial charge in [0.2, 0.25) is 5.82 Å². The zero-order valence-corrected chi connectivity index (χ0v) is 13.4. The van der Waals surface area contributed by atoms with Gasteiger partial charge in [0.1, 0.15) is 0 Å². The maximum atomic E-state index is 13.2. The molecule has 0 spiro atoms. The van der Waals surface area contributed by atoms with Crippen LogP contribution in [0.2, 0.25) is 0 Å². The van der Waals surface area contributed by atoms with E-state index in [1.807, 2.05) is 0 Å². The maximum Gasteiger partial charge on any atom is 0.306 e. The molecule has 0 bridgehead atoms. The van der Waals surface area contributed by atoms with Crippen LogP contribution in [-0.4, -0.2) is 10.8 Å². The van der Waals surface area contributed by atoms with Crippen molar-refractivity contribution in [2.75, 3.05) is 5.32 Å². The Kier molecular flexibility index (Phi) is 4.69. The molecule has 0 atom stereocenters. The highest BCUT2D eigenvalue weighted by molar-refractivity contribution is 9.11. The SMILES string of the molecule is O=C(Nc1ccc(F)c([N+](=O)[O-])c1)c1cc(Br)ccc1Br. The van der Waals surface area contributed by atoms with Crippen molar-refractivity contribution in [2.24, 2.45) is 0 Å². The summed E-state index contributed by atoms with van der Waals surface area (Å²) in [5.41, 5.74) is -0.211. The first kappa shape index (κ1) is 15.6. The quantitative estimate of drug-likeness (QED) is 0.589. The topological polar surface area (TPSA) is 72.2 Å². The van der Waals surface area contributed by atoms with Crippen LogP contribution in [0, 0.1) is 15.9 Å². The fourth-order valence-corrected chi connectivity index (χ4v) is 2.39. The highest BCUT2D eigenvalue weighted by Gasteiger charge is 2.16. The van der Waals surface area contributed by atoms with Gasteiger partial charge in [-0.1, -0.05) is 15.9 Å². The Balaban J connectivity index is 2.29. The third-order valence-corrected chi connectivity index (χ3v) is 3.76. The Morgan fingerprint density at radius 3 is 2.57 bits per heavy atom. The Labute approximate surface area is 135 Å². The minimum Gasteiger partial charge on any atom is -0.322 e. The molecule has 0 aliphatic heterocycles. The van der Waals surface area contributed by atoms with E-state index in [1.54, 1.807) is 18.2 Å². The van der Waals surface area contributed by atoms with Crippen molar-refractivity contribution in [3.05, 3.63) is 66.8 Å². The van der Waals surface area contributed by atoms with Gasteiger partial charge < -0.3 is 5.32 Å². The summed E-state index contributed by atoms with van der Waals surface area (Å²) in [6, 6.07) is 8.20. The average Bonchev–Trinajstić information content (AvgIpc) is 2.43. The van der Waals surface area contributed by atoms with E-state index in [0.717, 1.165) is 12.1 Å². The lowest BCUT2D eigenvalue weighted by molar-refractivity contribution is -0.387. The van der Waals surface area contributed by atoms with Gasteiger partial charge in [0.25, 0.3) is 5.91 Å². The van der Waals surface area contributed by atoms with Crippen molar-refractivity contribution < 1.29 is 14.1 Å². The van der Waals surface area contributed by atoms with Crippen LogP contribution in [0.1, 0.15) is 10.4 Å². The molecule has 0 saturated heterocycles. The molecular formula is C13H7Br2FN2O3. The first-order chi connectivity index (χ1) is 9.88. The largest absolute Gasteiger partial charge is 0.322 e. The van der Waals surface area contributed by atoms with E-state index in [0.29, 0.717) is 14.5 Å². The minimum absolute atomic E-state index is 0.139. The Bertz CT molecular complexity index is 737. The van der Waals surface area contributed by atoms with Gasteiger partial charge in [0, 0.05) is 20.7 Å². The molecule has 0 unspecified atom stereocenters. The van der Waals surface area contributed by atoms with E-state index in [1.165, 1.54) is 6.07 Å². The first-order valence-corrected chi connectivity index (χ1v) is 7.17.